The summed E-state index contributed by atoms with van der Waals surface area (Å²) in [5.74, 6) is 0. The van der Waals surface area contributed by atoms with Crippen molar-refractivity contribution in [3.05, 3.63) is 34.7 Å². The van der Waals surface area contributed by atoms with Gasteiger partial charge in [-0.1, -0.05) is 36.8 Å². The number of anilines is 1. The largest absolute Gasteiger partial charge is 0.359 e. The molecule has 0 amide bonds. The van der Waals surface area contributed by atoms with Gasteiger partial charge in [0.1, 0.15) is 0 Å². The van der Waals surface area contributed by atoms with Crippen LogP contribution in [0.25, 0.3) is 11.3 Å². The normalized spacial score (nSPS) is 12.4. The van der Waals surface area contributed by atoms with E-state index in [4.69, 9.17) is 4.98 Å². The lowest BCUT2D eigenvalue weighted by Gasteiger charge is -2.08. The first-order chi connectivity index (χ1) is 8.60. The summed E-state index contributed by atoms with van der Waals surface area (Å²) < 4.78 is 0. The molecule has 0 fully saturated rings. The third-order valence-electron chi connectivity index (χ3n) is 3.10. The van der Waals surface area contributed by atoms with E-state index < -0.39 is 0 Å². The maximum absolute atomic E-state index is 4.71. The molecule has 0 aliphatic carbocycles. The first-order valence-corrected chi connectivity index (χ1v) is 7.22. The molecule has 96 valence electrons. The van der Waals surface area contributed by atoms with Gasteiger partial charge in [0.25, 0.3) is 0 Å². The Morgan fingerprint density at radius 2 is 1.89 bits per heavy atom. The van der Waals surface area contributed by atoms with Gasteiger partial charge in [-0.15, -0.1) is 11.3 Å². The number of benzene rings is 1. The van der Waals surface area contributed by atoms with Gasteiger partial charge >= 0.3 is 0 Å². The van der Waals surface area contributed by atoms with Crippen molar-refractivity contribution in [2.24, 2.45) is 0 Å². The molecule has 2 aromatic rings. The standard InChI is InChI=1S/C15H20N2S/c1-5-11(3)16-15-17-14(12(4)18-15)13-8-6-10(2)7-9-13/h6-9,11H,5H2,1-4H3,(H,16,17)/t11-/m0/s1. The second-order valence-electron chi connectivity index (χ2n) is 4.74. The fourth-order valence-corrected chi connectivity index (χ4v) is 2.70. The molecule has 0 saturated heterocycles. The van der Waals surface area contributed by atoms with Gasteiger partial charge in [-0.25, -0.2) is 4.98 Å². The van der Waals surface area contributed by atoms with Crippen LogP contribution in [0.2, 0.25) is 0 Å². The number of aromatic nitrogens is 1. The Labute approximate surface area is 113 Å². The van der Waals surface area contributed by atoms with E-state index >= 15 is 0 Å². The van der Waals surface area contributed by atoms with Crippen LogP contribution in [0.15, 0.2) is 24.3 Å². The van der Waals surface area contributed by atoms with Crippen LogP contribution >= 0.6 is 11.3 Å². The molecule has 0 radical (unpaired) electrons. The van der Waals surface area contributed by atoms with Gasteiger partial charge in [0.15, 0.2) is 5.13 Å². The number of hydrogen-bond donors (Lipinski definition) is 1. The fourth-order valence-electron chi connectivity index (χ4n) is 1.75. The molecule has 1 atom stereocenters. The Hall–Kier alpha value is -1.35. The molecule has 0 aliphatic rings. The lowest BCUT2D eigenvalue weighted by Crippen LogP contribution is -2.12. The summed E-state index contributed by atoms with van der Waals surface area (Å²) in [4.78, 5) is 5.97. The monoisotopic (exact) mass is 260 g/mol. The lowest BCUT2D eigenvalue weighted by molar-refractivity contribution is 0.763. The van der Waals surface area contributed by atoms with Crippen LogP contribution < -0.4 is 5.32 Å². The van der Waals surface area contributed by atoms with Gasteiger partial charge in [0.05, 0.1) is 5.69 Å². The second kappa shape index (κ2) is 5.53. The Balaban J connectivity index is 2.26. The minimum absolute atomic E-state index is 0.474. The minimum atomic E-state index is 0.474. The fraction of sp³-hybridized carbons (Fsp3) is 0.400. The number of nitrogens with one attached hydrogen (secondary N) is 1. The van der Waals surface area contributed by atoms with E-state index in [1.54, 1.807) is 11.3 Å². The number of rotatable bonds is 4. The van der Waals surface area contributed by atoms with Crippen molar-refractivity contribution in [1.82, 2.24) is 4.98 Å². The highest BCUT2D eigenvalue weighted by Crippen LogP contribution is 2.30. The molecular formula is C15H20N2S. The summed E-state index contributed by atoms with van der Waals surface area (Å²) in [6, 6.07) is 9.03. The van der Waals surface area contributed by atoms with E-state index in [2.05, 4.69) is 57.3 Å². The number of thiazole rings is 1. The average Bonchev–Trinajstić information content (AvgIpc) is 2.71. The maximum atomic E-state index is 4.71. The molecule has 18 heavy (non-hydrogen) atoms. The molecule has 0 spiro atoms. The van der Waals surface area contributed by atoms with Crippen LogP contribution in [0, 0.1) is 13.8 Å². The van der Waals surface area contributed by atoms with E-state index in [-0.39, 0.29) is 0 Å². The van der Waals surface area contributed by atoms with Gasteiger partial charge < -0.3 is 5.32 Å². The highest BCUT2D eigenvalue weighted by atomic mass is 32.1. The zero-order valence-electron chi connectivity index (χ0n) is 11.4. The average molecular weight is 260 g/mol. The number of nitrogens with zero attached hydrogens (tertiary/aromatic N) is 1. The molecule has 1 heterocycles. The molecule has 2 nitrogen and oxygen atoms in total. The third kappa shape index (κ3) is 2.91. The zero-order valence-corrected chi connectivity index (χ0v) is 12.3. The summed E-state index contributed by atoms with van der Waals surface area (Å²) in [5.41, 5.74) is 3.59. The Morgan fingerprint density at radius 3 is 2.50 bits per heavy atom. The highest BCUT2D eigenvalue weighted by molar-refractivity contribution is 7.16. The summed E-state index contributed by atoms with van der Waals surface area (Å²) >= 11 is 1.73. The molecular weight excluding hydrogens is 240 g/mol. The molecule has 0 bridgehead atoms. The number of aryl methyl sites for hydroxylation is 2. The topological polar surface area (TPSA) is 24.9 Å². The Kier molecular flexibility index (Phi) is 4.02. The van der Waals surface area contributed by atoms with Crippen molar-refractivity contribution in [2.45, 2.75) is 40.2 Å². The van der Waals surface area contributed by atoms with Crippen LogP contribution in [0.5, 0.6) is 0 Å². The lowest BCUT2D eigenvalue weighted by atomic mass is 10.1. The highest BCUT2D eigenvalue weighted by Gasteiger charge is 2.10. The maximum Gasteiger partial charge on any atom is 0.183 e. The predicted octanol–water partition coefficient (Wildman–Crippen LogP) is 4.64. The second-order valence-corrected chi connectivity index (χ2v) is 5.95. The third-order valence-corrected chi connectivity index (χ3v) is 4.01. The predicted molar refractivity (Wildman–Crippen MR) is 80.4 cm³/mol. The van der Waals surface area contributed by atoms with Crippen molar-refractivity contribution in [2.75, 3.05) is 5.32 Å². The van der Waals surface area contributed by atoms with Gasteiger partial charge in [0, 0.05) is 16.5 Å². The van der Waals surface area contributed by atoms with Crippen molar-refractivity contribution in [3.63, 3.8) is 0 Å². The van der Waals surface area contributed by atoms with Crippen molar-refractivity contribution in [1.29, 1.82) is 0 Å². The van der Waals surface area contributed by atoms with Crippen LogP contribution in [-0.4, -0.2) is 11.0 Å². The molecule has 1 N–H and O–H groups in total. The zero-order chi connectivity index (χ0) is 13.1. The smallest absolute Gasteiger partial charge is 0.183 e. The summed E-state index contributed by atoms with van der Waals surface area (Å²) in [6.45, 7) is 8.60. The van der Waals surface area contributed by atoms with Crippen LogP contribution in [0.4, 0.5) is 5.13 Å². The van der Waals surface area contributed by atoms with E-state index in [0.29, 0.717) is 6.04 Å². The molecule has 1 aromatic carbocycles. The minimum Gasteiger partial charge on any atom is -0.359 e. The summed E-state index contributed by atoms with van der Waals surface area (Å²) in [7, 11) is 0. The van der Waals surface area contributed by atoms with Gasteiger partial charge in [-0.05, 0) is 27.2 Å². The van der Waals surface area contributed by atoms with Crippen LogP contribution in [0.1, 0.15) is 30.7 Å². The van der Waals surface area contributed by atoms with Crippen molar-refractivity contribution in [3.8, 4) is 11.3 Å². The molecule has 1 aromatic heterocycles. The van der Waals surface area contributed by atoms with Gasteiger partial charge in [0.2, 0.25) is 0 Å². The quantitative estimate of drug-likeness (QED) is 0.866. The Morgan fingerprint density at radius 1 is 1.22 bits per heavy atom. The van der Waals surface area contributed by atoms with Crippen LogP contribution in [-0.2, 0) is 0 Å². The van der Waals surface area contributed by atoms with E-state index in [1.165, 1.54) is 16.0 Å². The van der Waals surface area contributed by atoms with Crippen molar-refractivity contribution >= 4 is 16.5 Å². The first-order valence-electron chi connectivity index (χ1n) is 6.41. The van der Waals surface area contributed by atoms with E-state index in [0.717, 1.165) is 17.2 Å². The van der Waals surface area contributed by atoms with E-state index in [1.807, 2.05) is 0 Å². The SMILES string of the molecule is CC[C@H](C)Nc1nc(-c2ccc(C)cc2)c(C)s1. The molecule has 0 aliphatic heterocycles. The van der Waals surface area contributed by atoms with E-state index in [9.17, 15) is 0 Å². The van der Waals surface area contributed by atoms with Gasteiger partial charge in [-0.3, -0.25) is 0 Å². The molecule has 2 rings (SSSR count). The molecule has 3 heteroatoms. The summed E-state index contributed by atoms with van der Waals surface area (Å²) in [5, 5.41) is 4.47. The van der Waals surface area contributed by atoms with Crippen molar-refractivity contribution < 1.29 is 0 Å². The molecule has 0 unspecified atom stereocenters. The Bertz CT molecular complexity index is 514. The summed E-state index contributed by atoms with van der Waals surface area (Å²) in [6.07, 6.45) is 1.11. The van der Waals surface area contributed by atoms with Crippen LogP contribution in [0.3, 0.4) is 0 Å². The van der Waals surface area contributed by atoms with Gasteiger partial charge in [-0.2, -0.15) is 0 Å². The number of hydrogen-bond acceptors (Lipinski definition) is 3. The molecule has 0 saturated carbocycles. The first kappa shape index (κ1) is 13.1.